The molecule has 0 unspecified atom stereocenters. The number of benzene rings is 3. The molecule has 2 N–H and O–H groups in total. The number of carboxylic acid groups (broad SMARTS) is 1. The van der Waals surface area contributed by atoms with Crippen LogP contribution >= 0.6 is 34.5 Å². The van der Waals surface area contributed by atoms with Crippen LogP contribution in [0.25, 0.3) is 21.6 Å². The molecule has 1 heterocycles. The van der Waals surface area contributed by atoms with Gasteiger partial charge in [0.25, 0.3) is 0 Å². The van der Waals surface area contributed by atoms with Gasteiger partial charge < -0.3 is 9.84 Å². The summed E-state index contributed by atoms with van der Waals surface area (Å²) in [5, 5.41) is 13.1. The zero-order valence-corrected chi connectivity index (χ0v) is 19.9. The van der Waals surface area contributed by atoms with Gasteiger partial charge in [-0.05, 0) is 40.5 Å². The van der Waals surface area contributed by atoms with Gasteiger partial charge in [-0.1, -0.05) is 77.8 Å². The first kappa shape index (κ1) is 22.5. The van der Waals surface area contributed by atoms with Crippen LogP contribution in [0.2, 0.25) is 10.0 Å². The summed E-state index contributed by atoms with van der Waals surface area (Å²) in [4.78, 5) is 25.0. The minimum absolute atomic E-state index is 0.0190. The van der Waals surface area contributed by atoms with Crippen molar-refractivity contribution in [1.82, 2.24) is 0 Å². The predicted octanol–water partition coefficient (Wildman–Crippen LogP) is 7.78. The number of nitrogens with one attached hydrogen (secondary N) is 1. The van der Waals surface area contributed by atoms with Crippen LogP contribution in [0.3, 0.4) is 0 Å². The molecule has 1 aliphatic rings. The topological polar surface area (TPSA) is 75.6 Å². The Balaban J connectivity index is 1.35. The fourth-order valence-corrected chi connectivity index (χ4v) is 5.77. The van der Waals surface area contributed by atoms with Crippen LogP contribution in [0.1, 0.15) is 26.7 Å². The number of thiophene rings is 1. The molecular formula is C26H17Cl2NO4S. The van der Waals surface area contributed by atoms with Gasteiger partial charge in [-0.15, -0.1) is 11.3 Å². The lowest BCUT2D eigenvalue weighted by atomic mass is 9.98. The minimum atomic E-state index is -1.16. The number of halogens is 2. The van der Waals surface area contributed by atoms with Crippen molar-refractivity contribution in [2.24, 2.45) is 0 Å². The van der Waals surface area contributed by atoms with Gasteiger partial charge in [0.15, 0.2) is 0 Å². The number of ether oxygens (including phenoxy) is 1. The molecule has 5 nitrogen and oxygen atoms in total. The van der Waals surface area contributed by atoms with Crippen molar-refractivity contribution in [2.45, 2.75) is 5.92 Å². The number of anilines is 1. The Bertz CT molecular complexity index is 1390. The van der Waals surface area contributed by atoms with Crippen molar-refractivity contribution in [3.05, 3.63) is 98.8 Å². The standard InChI is InChI=1S/C26H17Cl2NO4S/c27-14-9-10-19(21(28)11-14)23-12-22(24(34-23)25(30)31)29-26(32)33-13-20-17-7-3-1-5-15(17)16-6-2-4-8-18(16)20/h1-12,20H,13H2,(H,29,32)(H,30,31). The highest BCUT2D eigenvalue weighted by Gasteiger charge is 2.29. The monoisotopic (exact) mass is 509 g/mol. The van der Waals surface area contributed by atoms with Gasteiger partial charge >= 0.3 is 12.1 Å². The number of hydrogen-bond acceptors (Lipinski definition) is 4. The van der Waals surface area contributed by atoms with Crippen LogP contribution in [0, 0.1) is 0 Å². The molecule has 1 aromatic heterocycles. The van der Waals surface area contributed by atoms with E-state index in [0.29, 0.717) is 20.5 Å². The van der Waals surface area contributed by atoms with Crippen molar-refractivity contribution in [3.63, 3.8) is 0 Å². The quantitative estimate of drug-likeness (QED) is 0.288. The summed E-state index contributed by atoms with van der Waals surface area (Å²) in [5.41, 5.74) is 5.22. The third-order valence-electron chi connectivity index (χ3n) is 5.70. The number of carbonyl (C=O) groups is 2. The van der Waals surface area contributed by atoms with E-state index in [1.807, 2.05) is 36.4 Å². The Kier molecular flexibility index (Phi) is 6.04. The third kappa shape index (κ3) is 4.16. The molecule has 5 rings (SSSR count). The summed E-state index contributed by atoms with van der Waals surface area (Å²) in [6.45, 7) is 0.127. The van der Waals surface area contributed by atoms with E-state index in [4.69, 9.17) is 27.9 Å². The number of fused-ring (bicyclic) bond motifs is 3. The normalized spacial score (nSPS) is 12.2. The zero-order valence-electron chi connectivity index (χ0n) is 17.5. The van der Waals surface area contributed by atoms with Gasteiger partial charge in [0.1, 0.15) is 11.5 Å². The maximum absolute atomic E-state index is 12.7. The Hall–Kier alpha value is -3.32. The van der Waals surface area contributed by atoms with Crippen LogP contribution in [0.4, 0.5) is 10.5 Å². The van der Waals surface area contributed by atoms with Gasteiger partial charge in [0.05, 0.1) is 10.7 Å². The summed E-state index contributed by atoms with van der Waals surface area (Å²) in [6.07, 6.45) is -0.726. The molecular weight excluding hydrogens is 493 g/mol. The molecule has 0 fully saturated rings. The molecule has 0 aliphatic heterocycles. The Labute approximate surface area is 209 Å². The zero-order chi connectivity index (χ0) is 23.8. The summed E-state index contributed by atoms with van der Waals surface area (Å²) in [6, 6.07) is 22.6. The highest BCUT2D eigenvalue weighted by molar-refractivity contribution is 7.18. The van der Waals surface area contributed by atoms with Gasteiger partial charge in [-0.2, -0.15) is 0 Å². The second-order valence-electron chi connectivity index (χ2n) is 7.73. The van der Waals surface area contributed by atoms with E-state index in [2.05, 4.69) is 17.4 Å². The van der Waals surface area contributed by atoms with Crippen molar-refractivity contribution in [2.75, 3.05) is 11.9 Å². The molecule has 0 spiro atoms. The minimum Gasteiger partial charge on any atom is -0.477 e. The molecule has 1 amide bonds. The number of hydrogen-bond donors (Lipinski definition) is 2. The highest BCUT2D eigenvalue weighted by atomic mass is 35.5. The number of rotatable bonds is 5. The molecule has 1 aliphatic carbocycles. The van der Waals surface area contributed by atoms with Crippen LogP contribution in [-0.4, -0.2) is 23.8 Å². The van der Waals surface area contributed by atoms with E-state index in [1.165, 1.54) is 0 Å². The first-order valence-corrected chi connectivity index (χ1v) is 11.9. The first-order valence-electron chi connectivity index (χ1n) is 10.4. The van der Waals surface area contributed by atoms with E-state index in [1.54, 1.807) is 24.3 Å². The fourth-order valence-electron chi connectivity index (χ4n) is 4.21. The molecule has 0 saturated carbocycles. The second-order valence-corrected chi connectivity index (χ2v) is 9.63. The molecule has 4 aromatic rings. The molecule has 0 radical (unpaired) electrons. The van der Waals surface area contributed by atoms with Gasteiger partial charge in [-0.3, -0.25) is 5.32 Å². The van der Waals surface area contributed by atoms with Crippen LogP contribution in [-0.2, 0) is 4.74 Å². The van der Waals surface area contributed by atoms with Crippen molar-refractivity contribution in [1.29, 1.82) is 0 Å². The predicted molar refractivity (Wildman–Crippen MR) is 135 cm³/mol. The Morgan fingerprint density at radius 1 is 0.912 bits per heavy atom. The largest absolute Gasteiger partial charge is 0.477 e. The van der Waals surface area contributed by atoms with E-state index >= 15 is 0 Å². The number of carbonyl (C=O) groups excluding carboxylic acids is 1. The maximum atomic E-state index is 12.7. The molecule has 8 heteroatoms. The lowest BCUT2D eigenvalue weighted by Crippen LogP contribution is -2.18. The second kappa shape index (κ2) is 9.14. The maximum Gasteiger partial charge on any atom is 0.411 e. The van der Waals surface area contributed by atoms with Crippen LogP contribution in [0.15, 0.2) is 72.8 Å². The SMILES string of the molecule is O=C(Nc1cc(-c2ccc(Cl)cc2Cl)sc1C(=O)O)OCC1c2ccccc2-c2ccccc21. The third-order valence-corrected chi connectivity index (χ3v) is 7.41. The van der Waals surface area contributed by atoms with E-state index in [0.717, 1.165) is 33.6 Å². The molecule has 34 heavy (non-hydrogen) atoms. The van der Waals surface area contributed by atoms with Gasteiger partial charge in [0, 0.05) is 21.4 Å². The molecule has 0 atom stereocenters. The Morgan fingerprint density at radius 3 is 2.18 bits per heavy atom. The average molecular weight is 510 g/mol. The van der Waals surface area contributed by atoms with Crippen molar-refractivity contribution < 1.29 is 19.4 Å². The van der Waals surface area contributed by atoms with Gasteiger partial charge in [0.2, 0.25) is 0 Å². The lowest BCUT2D eigenvalue weighted by Gasteiger charge is -2.14. The number of amides is 1. The van der Waals surface area contributed by atoms with Gasteiger partial charge in [-0.25, -0.2) is 9.59 Å². The molecule has 170 valence electrons. The van der Waals surface area contributed by atoms with Crippen molar-refractivity contribution in [3.8, 4) is 21.6 Å². The average Bonchev–Trinajstić information content (AvgIpc) is 3.37. The Morgan fingerprint density at radius 2 is 1.56 bits per heavy atom. The summed E-state index contributed by atoms with van der Waals surface area (Å²) < 4.78 is 5.55. The number of carboxylic acids is 1. The van der Waals surface area contributed by atoms with Crippen LogP contribution in [0.5, 0.6) is 0 Å². The summed E-state index contributed by atoms with van der Waals surface area (Å²) >= 11 is 13.3. The lowest BCUT2D eigenvalue weighted by molar-refractivity contribution is 0.0703. The van der Waals surface area contributed by atoms with E-state index in [9.17, 15) is 14.7 Å². The fraction of sp³-hybridized carbons (Fsp3) is 0.0769. The summed E-state index contributed by atoms with van der Waals surface area (Å²) in [5.74, 6) is -1.25. The number of aromatic carboxylic acids is 1. The van der Waals surface area contributed by atoms with E-state index < -0.39 is 12.1 Å². The molecule has 0 saturated heterocycles. The smallest absolute Gasteiger partial charge is 0.411 e. The molecule has 0 bridgehead atoms. The summed E-state index contributed by atoms with van der Waals surface area (Å²) in [7, 11) is 0. The molecule has 3 aromatic carbocycles. The highest BCUT2D eigenvalue weighted by Crippen LogP contribution is 2.44. The van der Waals surface area contributed by atoms with Crippen LogP contribution < -0.4 is 5.32 Å². The first-order chi connectivity index (χ1) is 16.4. The van der Waals surface area contributed by atoms with E-state index in [-0.39, 0.29) is 23.1 Å². The van der Waals surface area contributed by atoms with Crippen molar-refractivity contribution >= 4 is 52.3 Å².